The normalized spacial score (nSPS) is 38.5. The number of hydrogen-bond donors (Lipinski definition) is 1. The first-order chi connectivity index (χ1) is 6.86. The summed E-state index contributed by atoms with van der Waals surface area (Å²) in [5.74, 6) is 0.881. The summed E-state index contributed by atoms with van der Waals surface area (Å²) < 4.78 is 0. The van der Waals surface area contributed by atoms with Crippen LogP contribution in [0.25, 0.3) is 0 Å². The van der Waals surface area contributed by atoms with Crippen LogP contribution in [0.3, 0.4) is 0 Å². The molecule has 0 aromatic heterocycles. The molecule has 1 nitrogen and oxygen atoms in total. The van der Waals surface area contributed by atoms with Gasteiger partial charge in [-0.3, -0.25) is 0 Å². The second-order valence-corrected chi connectivity index (χ2v) is 5.00. The molecule has 1 fully saturated rings. The van der Waals surface area contributed by atoms with Crippen LogP contribution in [0.15, 0.2) is 12.2 Å². The first-order valence-electron chi connectivity index (χ1n) is 6.29. The van der Waals surface area contributed by atoms with E-state index in [9.17, 15) is 0 Å². The van der Waals surface area contributed by atoms with Crippen molar-refractivity contribution >= 4 is 0 Å². The van der Waals surface area contributed by atoms with Crippen LogP contribution in [-0.4, -0.2) is 12.1 Å². The Kier molecular flexibility index (Phi) is 3.63. The van der Waals surface area contributed by atoms with Crippen LogP contribution in [0.1, 0.15) is 51.9 Å². The van der Waals surface area contributed by atoms with Crippen LogP contribution in [0, 0.1) is 5.92 Å². The van der Waals surface area contributed by atoms with Gasteiger partial charge in [-0.1, -0.05) is 38.3 Å². The van der Waals surface area contributed by atoms with Gasteiger partial charge in [0.15, 0.2) is 0 Å². The predicted molar refractivity (Wildman–Crippen MR) is 61.3 cm³/mol. The van der Waals surface area contributed by atoms with Crippen molar-refractivity contribution in [3.8, 4) is 0 Å². The standard InChI is InChI=1S/C13H23N/c1-11-7-3-2-4-10-13(11)14-12-8-5-6-9-12/h5,8,11-14H,2-4,6-7,9-10H2,1H3. The summed E-state index contributed by atoms with van der Waals surface area (Å²) in [6.45, 7) is 2.42. The summed E-state index contributed by atoms with van der Waals surface area (Å²) in [5, 5.41) is 3.82. The smallest absolute Gasteiger partial charge is 0.0255 e. The molecule has 0 heterocycles. The molecule has 2 aliphatic carbocycles. The molecule has 0 aromatic rings. The Morgan fingerprint density at radius 1 is 1.07 bits per heavy atom. The Labute approximate surface area is 88.0 Å². The molecule has 0 bridgehead atoms. The van der Waals surface area contributed by atoms with E-state index in [0.717, 1.165) is 12.0 Å². The van der Waals surface area contributed by atoms with Crippen molar-refractivity contribution < 1.29 is 0 Å². The number of rotatable bonds is 2. The molecule has 1 heteroatoms. The Hall–Kier alpha value is -0.300. The minimum atomic E-state index is 0.681. The topological polar surface area (TPSA) is 12.0 Å². The van der Waals surface area contributed by atoms with E-state index in [1.807, 2.05) is 0 Å². The van der Waals surface area contributed by atoms with Crippen LogP contribution >= 0.6 is 0 Å². The van der Waals surface area contributed by atoms with Crippen molar-refractivity contribution in [1.29, 1.82) is 0 Å². The summed E-state index contributed by atoms with van der Waals surface area (Å²) >= 11 is 0. The summed E-state index contributed by atoms with van der Waals surface area (Å²) in [5.41, 5.74) is 0. The molecule has 0 radical (unpaired) electrons. The molecular formula is C13H23N. The van der Waals surface area contributed by atoms with Gasteiger partial charge >= 0.3 is 0 Å². The highest BCUT2D eigenvalue weighted by Crippen LogP contribution is 2.24. The molecule has 2 rings (SSSR count). The molecule has 80 valence electrons. The van der Waals surface area contributed by atoms with E-state index >= 15 is 0 Å². The molecule has 0 amide bonds. The van der Waals surface area contributed by atoms with E-state index in [0.29, 0.717) is 6.04 Å². The Bertz CT molecular complexity index is 197. The molecular weight excluding hydrogens is 170 g/mol. The van der Waals surface area contributed by atoms with Crippen LogP contribution < -0.4 is 5.32 Å². The van der Waals surface area contributed by atoms with Crippen molar-refractivity contribution in [1.82, 2.24) is 5.32 Å². The minimum Gasteiger partial charge on any atom is -0.307 e. The van der Waals surface area contributed by atoms with Gasteiger partial charge in [-0.05, 0) is 31.6 Å². The van der Waals surface area contributed by atoms with Crippen molar-refractivity contribution in [3.63, 3.8) is 0 Å². The van der Waals surface area contributed by atoms with E-state index in [1.165, 1.54) is 44.9 Å². The fourth-order valence-corrected chi connectivity index (χ4v) is 2.79. The quantitative estimate of drug-likeness (QED) is 0.524. The summed E-state index contributed by atoms with van der Waals surface area (Å²) in [6.07, 6.45) is 14.4. The number of hydrogen-bond acceptors (Lipinski definition) is 1. The van der Waals surface area contributed by atoms with Crippen molar-refractivity contribution in [3.05, 3.63) is 12.2 Å². The Morgan fingerprint density at radius 2 is 1.93 bits per heavy atom. The van der Waals surface area contributed by atoms with E-state index in [-0.39, 0.29) is 0 Å². The maximum absolute atomic E-state index is 3.82. The fraction of sp³-hybridized carbons (Fsp3) is 0.846. The van der Waals surface area contributed by atoms with Gasteiger partial charge in [-0.15, -0.1) is 0 Å². The lowest BCUT2D eigenvalue weighted by atomic mass is 9.96. The fourth-order valence-electron chi connectivity index (χ4n) is 2.79. The van der Waals surface area contributed by atoms with Crippen molar-refractivity contribution in [2.45, 2.75) is 64.0 Å². The molecule has 1 saturated carbocycles. The van der Waals surface area contributed by atoms with Crippen LogP contribution in [-0.2, 0) is 0 Å². The van der Waals surface area contributed by atoms with E-state index in [2.05, 4.69) is 24.4 Å². The van der Waals surface area contributed by atoms with Crippen LogP contribution in [0.5, 0.6) is 0 Å². The third-order valence-electron chi connectivity index (χ3n) is 3.80. The molecule has 0 aliphatic heterocycles. The predicted octanol–water partition coefficient (Wildman–Crippen LogP) is 3.26. The first-order valence-corrected chi connectivity index (χ1v) is 6.29. The Balaban J connectivity index is 1.84. The summed E-state index contributed by atoms with van der Waals surface area (Å²) in [7, 11) is 0. The highest BCUT2D eigenvalue weighted by atomic mass is 15.0. The van der Waals surface area contributed by atoms with Gasteiger partial charge in [0, 0.05) is 12.1 Å². The second-order valence-electron chi connectivity index (χ2n) is 5.00. The first kappa shape index (κ1) is 10.2. The number of nitrogens with one attached hydrogen (secondary N) is 1. The zero-order chi connectivity index (χ0) is 9.80. The molecule has 0 saturated heterocycles. The average molecular weight is 193 g/mol. The highest BCUT2D eigenvalue weighted by molar-refractivity contribution is 5.02. The van der Waals surface area contributed by atoms with Gasteiger partial charge < -0.3 is 5.32 Å². The van der Waals surface area contributed by atoms with Gasteiger partial charge in [-0.25, -0.2) is 0 Å². The zero-order valence-corrected chi connectivity index (χ0v) is 9.34. The maximum Gasteiger partial charge on any atom is 0.0255 e. The molecule has 0 spiro atoms. The van der Waals surface area contributed by atoms with Gasteiger partial charge in [0.25, 0.3) is 0 Å². The number of allylic oxidation sites excluding steroid dienone is 1. The van der Waals surface area contributed by atoms with Gasteiger partial charge in [0.2, 0.25) is 0 Å². The third kappa shape index (κ3) is 2.60. The summed E-state index contributed by atoms with van der Waals surface area (Å²) in [4.78, 5) is 0. The van der Waals surface area contributed by atoms with Gasteiger partial charge in [0.1, 0.15) is 0 Å². The van der Waals surface area contributed by atoms with E-state index < -0.39 is 0 Å². The Morgan fingerprint density at radius 3 is 2.71 bits per heavy atom. The largest absolute Gasteiger partial charge is 0.307 e. The highest BCUT2D eigenvalue weighted by Gasteiger charge is 2.22. The minimum absolute atomic E-state index is 0.681. The SMILES string of the molecule is CC1CCCCCC1NC1C=CCC1. The lowest BCUT2D eigenvalue weighted by Crippen LogP contribution is -2.39. The second kappa shape index (κ2) is 4.97. The van der Waals surface area contributed by atoms with E-state index in [4.69, 9.17) is 0 Å². The lowest BCUT2D eigenvalue weighted by Gasteiger charge is -2.26. The summed E-state index contributed by atoms with van der Waals surface area (Å²) in [6, 6.07) is 1.46. The molecule has 3 atom stereocenters. The average Bonchev–Trinajstić information content (AvgIpc) is 2.60. The van der Waals surface area contributed by atoms with Gasteiger partial charge in [-0.2, -0.15) is 0 Å². The zero-order valence-electron chi connectivity index (χ0n) is 9.34. The monoisotopic (exact) mass is 193 g/mol. The lowest BCUT2D eigenvalue weighted by molar-refractivity contribution is 0.337. The van der Waals surface area contributed by atoms with Crippen LogP contribution in [0.2, 0.25) is 0 Å². The molecule has 2 aliphatic rings. The van der Waals surface area contributed by atoms with Crippen molar-refractivity contribution in [2.24, 2.45) is 5.92 Å². The van der Waals surface area contributed by atoms with Crippen molar-refractivity contribution in [2.75, 3.05) is 0 Å². The molecule has 3 unspecified atom stereocenters. The van der Waals surface area contributed by atoms with E-state index in [1.54, 1.807) is 0 Å². The molecule has 14 heavy (non-hydrogen) atoms. The van der Waals surface area contributed by atoms with Gasteiger partial charge in [0.05, 0.1) is 0 Å². The van der Waals surface area contributed by atoms with Crippen LogP contribution in [0.4, 0.5) is 0 Å². The molecule has 0 aromatic carbocycles. The third-order valence-corrected chi connectivity index (χ3v) is 3.80. The maximum atomic E-state index is 3.82. The molecule has 1 N–H and O–H groups in total.